The van der Waals surface area contributed by atoms with Crippen molar-refractivity contribution in [2.24, 2.45) is 0 Å². The summed E-state index contributed by atoms with van der Waals surface area (Å²) in [5.74, 6) is 0.137. The quantitative estimate of drug-likeness (QED) is 0.490. The van der Waals surface area contributed by atoms with E-state index in [2.05, 4.69) is 28.3 Å². The smallest absolute Gasteiger partial charge is 0.317 e. The molecule has 0 saturated heterocycles. The average molecular weight is 399 g/mol. The van der Waals surface area contributed by atoms with E-state index in [0.717, 1.165) is 27.8 Å². The summed E-state index contributed by atoms with van der Waals surface area (Å²) in [5, 5.41) is 13.0. The Bertz CT molecular complexity index is 1140. The molecule has 0 spiro atoms. The van der Waals surface area contributed by atoms with Crippen LogP contribution in [0.3, 0.4) is 0 Å². The lowest BCUT2D eigenvalue weighted by Crippen LogP contribution is -2.25. The summed E-state index contributed by atoms with van der Waals surface area (Å²) in [6.45, 7) is 0.550. The molecular formula is C24H21N3O3. The largest absolute Gasteiger partial charge is 0.480 e. The number of carboxylic acids is 1. The van der Waals surface area contributed by atoms with Gasteiger partial charge in [-0.15, -0.1) is 0 Å². The van der Waals surface area contributed by atoms with Crippen LogP contribution >= 0.6 is 0 Å². The van der Waals surface area contributed by atoms with Crippen molar-refractivity contribution in [3.8, 4) is 34.0 Å². The second kappa shape index (κ2) is 8.71. The average Bonchev–Trinajstić information content (AvgIpc) is 3.25. The molecular weight excluding hydrogens is 378 g/mol. The molecule has 1 aromatic heterocycles. The van der Waals surface area contributed by atoms with Crippen molar-refractivity contribution in [1.29, 1.82) is 0 Å². The predicted molar refractivity (Wildman–Crippen MR) is 115 cm³/mol. The second-order valence-electron chi connectivity index (χ2n) is 7.13. The molecule has 0 aliphatic heterocycles. The zero-order valence-corrected chi connectivity index (χ0v) is 16.5. The SMILES string of the molecule is CN(CC(=O)O)Cc1ccc(-c2noc(-c3cccc(-c4ccccc4)c3)n2)cc1. The standard InChI is InChI=1S/C24H21N3O3/c1-27(16-22(28)29)15-17-10-12-19(13-11-17)23-25-24(30-26-23)21-9-5-8-20(14-21)18-6-3-2-4-7-18/h2-14H,15-16H2,1H3,(H,28,29). The Morgan fingerprint density at radius 2 is 1.60 bits per heavy atom. The molecule has 0 aliphatic rings. The maximum Gasteiger partial charge on any atom is 0.317 e. The summed E-state index contributed by atoms with van der Waals surface area (Å²) in [7, 11) is 1.77. The van der Waals surface area contributed by atoms with Gasteiger partial charge in [-0.05, 0) is 35.9 Å². The maximum absolute atomic E-state index is 10.8. The van der Waals surface area contributed by atoms with E-state index in [1.165, 1.54) is 0 Å². The number of hydrogen-bond donors (Lipinski definition) is 1. The number of hydrogen-bond acceptors (Lipinski definition) is 5. The maximum atomic E-state index is 10.8. The van der Waals surface area contributed by atoms with E-state index in [9.17, 15) is 4.79 Å². The first-order valence-corrected chi connectivity index (χ1v) is 9.58. The Labute approximate surface area is 174 Å². The summed E-state index contributed by atoms with van der Waals surface area (Å²) < 4.78 is 5.50. The van der Waals surface area contributed by atoms with Crippen LogP contribution < -0.4 is 0 Å². The molecule has 1 heterocycles. The van der Waals surface area contributed by atoms with Gasteiger partial charge in [0.15, 0.2) is 0 Å². The van der Waals surface area contributed by atoms with Gasteiger partial charge in [0.05, 0.1) is 6.54 Å². The van der Waals surface area contributed by atoms with Crippen LogP contribution in [0.2, 0.25) is 0 Å². The van der Waals surface area contributed by atoms with Crippen LogP contribution in [0.15, 0.2) is 83.4 Å². The van der Waals surface area contributed by atoms with Crippen LogP contribution in [0.25, 0.3) is 34.0 Å². The van der Waals surface area contributed by atoms with E-state index in [0.29, 0.717) is 18.3 Å². The Morgan fingerprint density at radius 3 is 2.33 bits per heavy atom. The third-order valence-electron chi connectivity index (χ3n) is 4.71. The van der Waals surface area contributed by atoms with E-state index in [-0.39, 0.29) is 6.54 Å². The number of carbonyl (C=O) groups is 1. The number of carboxylic acid groups (broad SMARTS) is 1. The van der Waals surface area contributed by atoms with E-state index in [1.807, 2.05) is 60.7 Å². The monoisotopic (exact) mass is 399 g/mol. The minimum absolute atomic E-state index is 0.00199. The number of nitrogens with zero attached hydrogens (tertiary/aromatic N) is 3. The van der Waals surface area contributed by atoms with Crippen molar-refractivity contribution in [3.63, 3.8) is 0 Å². The summed E-state index contributed by atoms with van der Waals surface area (Å²) in [5.41, 5.74) is 4.93. The highest BCUT2D eigenvalue weighted by molar-refractivity contribution is 5.70. The van der Waals surface area contributed by atoms with Gasteiger partial charge >= 0.3 is 5.97 Å². The van der Waals surface area contributed by atoms with Crippen LogP contribution in [0.4, 0.5) is 0 Å². The molecule has 150 valence electrons. The Balaban J connectivity index is 1.51. The Hall–Kier alpha value is -3.77. The van der Waals surface area contributed by atoms with Gasteiger partial charge in [0, 0.05) is 17.7 Å². The number of rotatable bonds is 7. The molecule has 0 bridgehead atoms. The van der Waals surface area contributed by atoms with Gasteiger partial charge in [-0.25, -0.2) is 0 Å². The first-order chi connectivity index (χ1) is 14.6. The molecule has 3 aromatic carbocycles. The molecule has 30 heavy (non-hydrogen) atoms. The van der Waals surface area contributed by atoms with Crippen LogP contribution in [0, 0.1) is 0 Å². The van der Waals surface area contributed by atoms with Gasteiger partial charge in [0.2, 0.25) is 5.82 Å². The van der Waals surface area contributed by atoms with E-state index >= 15 is 0 Å². The zero-order valence-electron chi connectivity index (χ0n) is 16.5. The Morgan fingerprint density at radius 1 is 0.900 bits per heavy atom. The number of benzene rings is 3. The van der Waals surface area contributed by atoms with Crippen molar-refractivity contribution in [2.45, 2.75) is 6.54 Å². The van der Waals surface area contributed by atoms with Gasteiger partial charge in [0.1, 0.15) is 0 Å². The molecule has 0 unspecified atom stereocenters. The van der Waals surface area contributed by atoms with Gasteiger partial charge in [-0.3, -0.25) is 9.69 Å². The van der Waals surface area contributed by atoms with Gasteiger partial charge in [-0.2, -0.15) is 4.98 Å². The molecule has 4 aromatic rings. The minimum Gasteiger partial charge on any atom is -0.480 e. The zero-order chi connectivity index (χ0) is 20.9. The first kappa shape index (κ1) is 19.5. The minimum atomic E-state index is -0.843. The van der Waals surface area contributed by atoms with Crippen LogP contribution in [0.5, 0.6) is 0 Å². The van der Waals surface area contributed by atoms with Crippen LogP contribution in [-0.2, 0) is 11.3 Å². The normalized spacial score (nSPS) is 11.0. The van der Waals surface area contributed by atoms with Gasteiger partial charge in [-0.1, -0.05) is 71.9 Å². The Kier molecular flexibility index (Phi) is 5.68. The van der Waals surface area contributed by atoms with E-state index in [1.54, 1.807) is 11.9 Å². The molecule has 0 radical (unpaired) electrons. The fourth-order valence-electron chi connectivity index (χ4n) is 3.28. The highest BCUT2D eigenvalue weighted by Crippen LogP contribution is 2.27. The van der Waals surface area contributed by atoms with Crippen molar-refractivity contribution >= 4 is 5.97 Å². The molecule has 0 amide bonds. The highest BCUT2D eigenvalue weighted by Gasteiger charge is 2.12. The molecule has 0 fully saturated rings. The lowest BCUT2D eigenvalue weighted by Gasteiger charge is -2.13. The third-order valence-corrected chi connectivity index (χ3v) is 4.71. The molecule has 6 heteroatoms. The summed E-state index contributed by atoms with van der Waals surface area (Å²) in [6, 6.07) is 25.9. The number of aromatic nitrogens is 2. The number of likely N-dealkylation sites (N-methyl/N-ethyl adjacent to an activating group) is 1. The van der Waals surface area contributed by atoms with Crippen molar-refractivity contribution in [2.75, 3.05) is 13.6 Å². The molecule has 4 rings (SSSR count). The number of aliphatic carboxylic acids is 1. The van der Waals surface area contributed by atoms with Crippen LogP contribution in [0.1, 0.15) is 5.56 Å². The molecule has 1 N–H and O–H groups in total. The molecule has 6 nitrogen and oxygen atoms in total. The van der Waals surface area contributed by atoms with E-state index in [4.69, 9.17) is 9.63 Å². The third kappa shape index (κ3) is 4.61. The lowest BCUT2D eigenvalue weighted by atomic mass is 10.0. The van der Waals surface area contributed by atoms with Crippen molar-refractivity contribution in [3.05, 3.63) is 84.4 Å². The first-order valence-electron chi connectivity index (χ1n) is 9.58. The van der Waals surface area contributed by atoms with E-state index < -0.39 is 5.97 Å². The van der Waals surface area contributed by atoms with Crippen LogP contribution in [-0.4, -0.2) is 39.7 Å². The highest BCUT2D eigenvalue weighted by atomic mass is 16.5. The topological polar surface area (TPSA) is 79.5 Å². The van der Waals surface area contributed by atoms with Crippen molar-refractivity contribution in [1.82, 2.24) is 15.0 Å². The molecule has 0 atom stereocenters. The summed E-state index contributed by atoms with van der Waals surface area (Å²) in [6.07, 6.45) is 0. The predicted octanol–water partition coefficient (Wildman–Crippen LogP) is 4.59. The fourth-order valence-corrected chi connectivity index (χ4v) is 3.28. The molecule has 0 aliphatic carbocycles. The second-order valence-corrected chi connectivity index (χ2v) is 7.13. The fraction of sp³-hybridized carbons (Fsp3) is 0.125. The summed E-state index contributed by atoms with van der Waals surface area (Å²) >= 11 is 0. The van der Waals surface area contributed by atoms with Crippen molar-refractivity contribution < 1.29 is 14.4 Å². The van der Waals surface area contributed by atoms with Gasteiger partial charge in [0.25, 0.3) is 5.89 Å². The lowest BCUT2D eigenvalue weighted by molar-refractivity contribution is -0.138. The summed E-state index contributed by atoms with van der Waals surface area (Å²) in [4.78, 5) is 17.1. The van der Waals surface area contributed by atoms with Gasteiger partial charge < -0.3 is 9.63 Å². The molecule has 0 saturated carbocycles.